The summed E-state index contributed by atoms with van der Waals surface area (Å²) in [6.45, 7) is 3.35. The van der Waals surface area contributed by atoms with Crippen LogP contribution in [0, 0.1) is 12.8 Å². The number of nitrogens with one attached hydrogen (secondary N) is 3. The minimum atomic E-state index is -0.0189. The van der Waals surface area contributed by atoms with E-state index in [1.54, 1.807) is 32.4 Å². The molecule has 1 aliphatic carbocycles. The predicted molar refractivity (Wildman–Crippen MR) is 154 cm³/mol. The molecule has 1 amide bonds. The molecule has 0 unspecified atom stereocenters. The third kappa shape index (κ3) is 7.31. The van der Waals surface area contributed by atoms with Crippen LogP contribution in [-0.2, 0) is 17.9 Å². The van der Waals surface area contributed by atoms with Crippen molar-refractivity contribution in [3.8, 4) is 11.5 Å². The van der Waals surface area contributed by atoms with Gasteiger partial charge in [0.25, 0.3) is 0 Å². The Hall–Kier alpha value is -3.00. The molecule has 1 aliphatic rings. The smallest absolute Gasteiger partial charge is 0.227 e. The molecule has 9 heteroatoms. The molecule has 4 rings (SSSR count). The molecule has 0 bridgehead atoms. The van der Waals surface area contributed by atoms with Gasteiger partial charge in [-0.15, -0.1) is 0 Å². The summed E-state index contributed by atoms with van der Waals surface area (Å²) < 4.78 is 10.4. The number of hydrogen-bond acceptors (Lipinski definition) is 6. The summed E-state index contributed by atoms with van der Waals surface area (Å²) in [5, 5.41) is 11.1. The number of aromatic nitrogens is 1. The molecule has 0 radical (unpaired) electrons. The highest BCUT2D eigenvalue weighted by Crippen LogP contribution is 2.30. The molecule has 1 saturated carbocycles. The van der Waals surface area contributed by atoms with Crippen LogP contribution < -0.4 is 25.4 Å². The number of carbonyl (C=O) groups is 1. The Bertz CT molecular complexity index is 1250. The fourth-order valence-corrected chi connectivity index (χ4v) is 5.26. The van der Waals surface area contributed by atoms with E-state index in [-0.39, 0.29) is 11.8 Å². The second-order valence-electron chi connectivity index (χ2n) is 9.56. The largest absolute Gasteiger partial charge is 0.497 e. The van der Waals surface area contributed by atoms with Crippen LogP contribution in [0.5, 0.6) is 11.5 Å². The number of carbonyl (C=O) groups excluding carboxylic acids is 1. The van der Waals surface area contributed by atoms with Gasteiger partial charge in [-0.05, 0) is 80.1 Å². The van der Waals surface area contributed by atoms with Crippen molar-refractivity contribution in [2.24, 2.45) is 5.92 Å². The van der Waals surface area contributed by atoms with Gasteiger partial charge >= 0.3 is 0 Å². The first-order chi connectivity index (χ1) is 18.4. The third-order valence-corrected chi connectivity index (χ3v) is 7.51. The van der Waals surface area contributed by atoms with Gasteiger partial charge in [-0.2, -0.15) is 0 Å². The van der Waals surface area contributed by atoms with Crippen LogP contribution in [0.3, 0.4) is 0 Å². The van der Waals surface area contributed by atoms with Crippen LogP contribution in [0.2, 0.25) is 10.2 Å². The van der Waals surface area contributed by atoms with E-state index in [1.807, 2.05) is 30.3 Å². The van der Waals surface area contributed by atoms with Gasteiger partial charge in [-0.3, -0.25) is 4.79 Å². The Kier molecular flexibility index (Phi) is 9.72. The van der Waals surface area contributed by atoms with E-state index in [2.05, 4.69) is 27.9 Å². The second-order valence-corrected chi connectivity index (χ2v) is 10.4. The third-order valence-electron chi connectivity index (χ3n) is 7.02. The van der Waals surface area contributed by atoms with E-state index in [0.29, 0.717) is 40.7 Å². The van der Waals surface area contributed by atoms with Crippen LogP contribution in [0.4, 0.5) is 11.5 Å². The van der Waals surface area contributed by atoms with Gasteiger partial charge in [-0.25, -0.2) is 4.98 Å². The summed E-state index contributed by atoms with van der Waals surface area (Å²) in [6, 6.07) is 15.4. The van der Waals surface area contributed by atoms with Crippen LogP contribution in [-0.4, -0.2) is 31.2 Å². The van der Waals surface area contributed by atoms with Crippen molar-refractivity contribution in [1.82, 2.24) is 10.3 Å². The minimum Gasteiger partial charge on any atom is -0.497 e. The summed E-state index contributed by atoms with van der Waals surface area (Å²) in [4.78, 5) is 17.4. The Morgan fingerprint density at radius 3 is 2.37 bits per heavy atom. The number of hydrogen-bond donors (Lipinski definition) is 3. The van der Waals surface area contributed by atoms with Gasteiger partial charge in [0, 0.05) is 36.3 Å². The molecule has 1 aromatic heterocycles. The van der Waals surface area contributed by atoms with Crippen molar-refractivity contribution in [1.29, 1.82) is 0 Å². The topological polar surface area (TPSA) is 84.5 Å². The van der Waals surface area contributed by atoms with Crippen molar-refractivity contribution in [3.05, 3.63) is 75.4 Å². The Balaban J connectivity index is 1.30. The molecule has 0 aliphatic heterocycles. The summed E-state index contributed by atoms with van der Waals surface area (Å²) in [5.74, 6) is 2.21. The lowest BCUT2D eigenvalue weighted by Gasteiger charge is -2.29. The standard InChI is InChI=1S/C29H34Cl2N4O3/c1-18-14-27(31)35-28(33-16-19-4-11-23(37-2)12-5-19)24(18)17-32-21-8-6-20(7-9-21)29(36)34-22-10-13-26(38-3)25(30)15-22/h4-5,10-15,20-21,32H,6-9,16-17H2,1-3H3,(H,33,35)(H,34,36). The molecule has 0 spiro atoms. The van der Waals surface area contributed by atoms with E-state index >= 15 is 0 Å². The van der Waals surface area contributed by atoms with Gasteiger partial charge in [0.05, 0.1) is 19.2 Å². The molecule has 0 atom stereocenters. The minimum absolute atomic E-state index is 0.0189. The van der Waals surface area contributed by atoms with E-state index in [9.17, 15) is 4.79 Å². The lowest BCUT2D eigenvalue weighted by atomic mass is 9.85. The zero-order chi connectivity index (χ0) is 27.1. The fraction of sp³-hybridized carbons (Fsp3) is 0.379. The van der Waals surface area contributed by atoms with E-state index in [4.69, 9.17) is 32.7 Å². The first-order valence-corrected chi connectivity index (χ1v) is 13.5. The highest BCUT2D eigenvalue weighted by atomic mass is 35.5. The molecular weight excluding hydrogens is 523 g/mol. The number of pyridine rings is 1. The number of anilines is 2. The molecular formula is C29H34Cl2N4O3. The molecule has 3 aromatic rings. The number of nitrogens with zero attached hydrogens (tertiary/aromatic N) is 1. The molecule has 7 nitrogen and oxygen atoms in total. The second kappa shape index (κ2) is 13.2. The average Bonchev–Trinajstić information content (AvgIpc) is 2.92. The highest BCUT2D eigenvalue weighted by molar-refractivity contribution is 6.32. The Morgan fingerprint density at radius 1 is 0.974 bits per heavy atom. The van der Waals surface area contributed by atoms with E-state index < -0.39 is 0 Å². The summed E-state index contributed by atoms with van der Waals surface area (Å²) in [7, 11) is 3.22. The summed E-state index contributed by atoms with van der Waals surface area (Å²) >= 11 is 12.5. The molecule has 202 valence electrons. The Morgan fingerprint density at radius 2 is 1.71 bits per heavy atom. The highest BCUT2D eigenvalue weighted by Gasteiger charge is 2.26. The van der Waals surface area contributed by atoms with Crippen molar-refractivity contribution in [2.75, 3.05) is 24.9 Å². The number of amides is 1. The zero-order valence-corrected chi connectivity index (χ0v) is 23.5. The molecule has 1 heterocycles. The maximum Gasteiger partial charge on any atom is 0.227 e. The lowest BCUT2D eigenvalue weighted by molar-refractivity contribution is -0.120. The van der Waals surface area contributed by atoms with Crippen molar-refractivity contribution >= 4 is 40.6 Å². The van der Waals surface area contributed by atoms with Crippen molar-refractivity contribution in [2.45, 2.75) is 51.7 Å². The monoisotopic (exact) mass is 556 g/mol. The fourth-order valence-electron chi connectivity index (χ4n) is 4.75. The van der Waals surface area contributed by atoms with Crippen LogP contribution in [0.25, 0.3) is 0 Å². The van der Waals surface area contributed by atoms with Crippen LogP contribution >= 0.6 is 23.2 Å². The number of methoxy groups -OCH3 is 2. The molecule has 1 fully saturated rings. The van der Waals surface area contributed by atoms with Crippen molar-refractivity contribution < 1.29 is 14.3 Å². The molecule has 2 aromatic carbocycles. The SMILES string of the molecule is COc1ccc(CNc2nc(Cl)cc(C)c2CNC2CCC(C(=O)Nc3ccc(OC)c(Cl)c3)CC2)cc1. The summed E-state index contributed by atoms with van der Waals surface area (Å²) in [5.41, 5.74) is 3.99. The number of aryl methyl sites for hydroxylation is 1. The Labute approximate surface area is 234 Å². The molecule has 38 heavy (non-hydrogen) atoms. The summed E-state index contributed by atoms with van der Waals surface area (Å²) in [6.07, 6.45) is 3.51. The first kappa shape index (κ1) is 28.0. The first-order valence-electron chi connectivity index (χ1n) is 12.8. The van der Waals surface area contributed by atoms with Crippen LogP contribution in [0.15, 0.2) is 48.5 Å². The van der Waals surface area contributed by atoms with Gasteiger partial charge < -0.3 is 25.4 Å². The maximum atomic E-state index is 12.8. The quantitative estimate of drug-likeness (QED) is 0.243. The zero-order valence-electron chi connectivity index (χ0n) is 21.9. The van der Waals surface area contributed by atoms with Gasteiger partial charge in [-0.1, -0.05) is 35.3 Å². The van der Waals surface area contributed by atoms with Gasteiger partial charge in [0.2, 0.25) is 5.91 Å². The molecule has 0 saturated heterocycles. The number of halogens is 2. The lowest BCUT2D eigenvalue weighted by Crippen LogP contribution is -2.36. The number of rotatable bonds is 10. The van der Waals surface area contributed by atoms with Gasteiger partial charge in [0.1, 0.15) is 22.5 Å². The normalized spacial score (nSPS) is 17.1. The van der Waals surface area contributed by atoms with Gasteiger partial charge in [0.15, 0.2) is 0 Å². The average molecular weight is 558 g/mol. The van der Waals surface area contributed by atoms with E-state index in [1.165, 1.54) is 0 Å². The number of ether oxygens (including phenoxy) is 2. The predicted octanol–water partition coefficient (Wildman–Crippen LogP) is 6.61. The van der Waals surface area contributed by atoms with E-state index in [0.717, 1.165) is 53.9 Å². The molecule has 3 N–H and O–H groups in total. The van der Waals surface area contributed by atoms with Crippen molar-refractivity contribution in [3.63, 3.8) is 0 Å². The number of benzene rings is 2. The maximum absolute atomic E-state index is 12.8. The van der Waals surface area contributed by atoms with Crippen LogP contribution in [0.1, 0.15) is 42.4 Å².